The molecule has 0 bridgehead atoms. The van der Waals surface area contributed by atoms with Crippen LogP contribution < -0.4 is 0 Å². The highest BCUT2D eigenvalue weighted by atomic mass is 35.5. The molecule has 0 aliphatic heterocycles. The Morgan fingerprint density at radius 3 is 2.00 bits per heavy atom. The average Bonchev–Trinajstić information content (AvgIpc) is 2.78. The van der Waals surface area contributed by atoms with Gasteiger partial charge >= 0.3 is 12.4 Å². The molecule has 34 heavy (non-hydrogen) atoms. The van der Waals surface area contributed by atoms with Gasteiger partial charge in [-0.25, -0.2) is 4.98 Å². The van der Waals surface area contributed by atoms with Crippen LogP contribution in [-0.2, 0) is 30.2 Å². The number of nitrogens with zero attached hydrogens (tertiary/aromatic N) is 2. The van der Waals surface area contributed by atoms with E-state index in [1.54, 1.807) is 36.4 Å². The second kappa shape index (κ2) is 10.2. The molecule has 3 rings (SSSR count). The summed E-state index contributed by atoms with van der Waals surface area (Å²) in [5.74, 6) is -1.24. The molecular formula is C23H16Cl2F6N2O. The highest BCUT2D eigenvalue weighted by molar-refractivity contribution is 6.30. The molecule has 11 heteroatoms. The first-order valence-corrected chi connectivity index (χ1v) is 10.6. The van der Waals surface area contributed by atoms with E-state index in [1.807, 2.05) is 0 Å². The molecule has 0 atom stereocenters. The van der Waals surface area contributed by atoms with E-state index in [-0.39, 0.29) is 23.3 Å². The molecule has 3 aromatic rings. The summed E-state index contributed by atoms with van der Waals surface area (Å²) in [6, 6.07) is 11.7. The molecular weight excluding hydrogens is 505 g/mol. The maximum Gasteiger partial charge on any atom is 0.416 e. The molecule has 0 saturated heterocycles. The number of amides is 1. The van der Waals surface area contributed by atoms with Crippen molar-refractivity contribution in [2.24, 2.45) is 0 Å². The van der Waals surface area contributed by atoms with Gasteiger partial charge in [0, 0.05) is 24.8 Å². The third kappa shape index (κ3) is 6.21. The number of carbonyl (C=O) groups is 1. The molecule has 0 aliphatic carbocycles. The van der Waals surface area contributed by atoms with Crippen molar-refractivity contribution in [1.29, 1.82) is 0 Å². The van der Waals surface area contributed by atoms with E-state index in [0.29, 0.717) is 23.3 Å². The molecule has 0 fully saturated rings. The fourth-order valence-corrected chi connectivity index (χ4v) is 3.73. The monoisotopic (exact) mass is 520 g/mol. The number of hydrogen-bond acceptors (Lipinski definition) is 2. The normalized spacial score (nSPS) is 12.0. The van der Waals surface area contributed by atoms with Gasteiger partial charge in [0.15, 0.2) is 0 Å². The first-order valence-electron chi connectivity index (χ1n) is 9.71. The van der Waals surface area contributed by atoms with E-state index in [4.69, 9.17) is 23.2 Å². The third-order valence-electron chi connectivity index (χ3n) is 4.92. The lowest BCUT2D eigenvalue weighted by Crippen LogP contribution is -2.31. The molecule has 1 aromatic heterocycles. The number of carbonyl (C=O) groups excluding carboxylic acids is 1. The van der Waals surface area contributed by atoms with Gasteiger partial charge in [0.1, 0.15) is 11.0 Å². The van der Waals surface area contributed by atoms with E-state index in [1.165, 1.54) is 6.20 Å². The molecule has 0 N–H and O–H groups in total. The van der Waals surface area contributed by atoms with Gasteiger partial charge < -0.3 is 4.90 Å². The van der Waals surface area contributed by atoms with Gasteiger partial charge in [0.05, 0.1) is 11.1 Å². The van der Waals surface area contributed by atoms with Crippen molar-refractivity contribution < 1.29 is 31.1 Å². The molecule has 0 saturated carbocycles. The zero-order valence-electron chi connectivity index (χ0n) is 17.2. The second-order valence-corrected chi connectivity index (χ2v) is 7.92. The Labute approximate surface area is 200 Å². The molecule has 1 heterocycles. The summed E-state index contributed by atoms with van der Waals surface area (Å²) in [6.07, 6.45) is -8.57. The minimum absolute atomic E-state index is 0.0305. The zero-order chi connectivity index (χ0) is 25.1. The predicted octanol–water partition coefficient (Wildman–Crippen LogP) is 7.21. The van der Waals surface area contributed by atoms with E-state index in [9.17, 15) is 31.1 Å². The van der Waals surface area contributed by atoms with E-state index in [0.717, 1.165) is 10.5 Å². The first kappa shape index (κ1) is 25.8. The van der Waals surface area contributed by atoms with E-state index in [2.05, 4.69) is 4.98 Å². The Morgan fingerprint density at radius 2 is 1.47 bits per heavy atom. The molecule has 3 nitrogen and oxygen atoms in total. The summed E-state index contributed by atoms with van der Waals surface area (Å²) >= 11 is 11.9. The third-order valence-corrected chi connectivity index (χ3v) is 5.48. The topological polar surface area (TPSA) is 33.2 Å². The van der Waals surface area contributed by atoms with Crippen LogP contribution in [0.15, 0.2) is 60.8 Å². The summed E-state index contributed by atoms with van der Waals surface area (Å²) in [7, 11) is 0. The van der Waals surface area contributed by atoms with Crippen LogP contribution in [-0.4, -0.2) is 21.7 Å². The van der Waals surface area contributed by atoms with Gasteiger partial charge in [-0.3, -0.25) is 4.79 Å². The van der Waals surface area contributed by atoms with Crippen molar-refractivity contribution in [2.45, 2.75) is 25.4 Å². The average molecular weight is 521 g/mol. The largest absolute Gasteiger partial charge is 0.416 e. The van der Waals surface area contributed by atoms with Crippen LogP contribution in [0.1, 0.15) is 22.3 Å². The van der Waals surface area contributed by atoms with Gasteiger partial charge in [-0.15, -0.1) is 11.6 Å². The molecule has 1 amide bonds. The van der Waals surface area contributed by atoms with Gasteiger partial charge in [0.25, 0.3) is 0 Å². The number of alkyl halides is 7. The molecule has 0 radical (unpaired) electrons. The van der Waals surface area contributed by atoms with E-state index >= 15 is 0 Å². The summed E-state index contributed by atoms with van der Waals surface area (Å²) < 4.78 is 79.5. The van der Waals surface area contributed by atoms with Gasteiger partial charge in [-0.05, 0) is 41.0 Å². The SMILES string of the molecule is O=C(CCl)N(Cc1cc(C(F)(F)F)cc(C(F)(F)F)c1)Cc1c(-c2ccccc2)ccnc1Cl. The van der Waals surface area contributed by atoms with Gasteiger partial charge in [-0.2, -0.15) is 26.3 Å². The van der Waals surface area contributed by atoms with Crippen LogP contribution in [0, 0.1) is 0 Å². The number of benzene rings is 2. The van der Waals surface area contributed by atoms with Crippen molar-refractivity contribution in [3.8, 4) is 11.1 Å². The number of rotatable bonds is 6. The number of hydrogen-bond donors (Lipinski definition) is 0. The van der Waals surface area contributed by atoms with Crippen LogP contribution >= 0.6 is 23.2 Å². The number of pyridine rings is 1. The fraction of sp³-hybridized carbons (Fsp3) is 0.217. The first-order chi connectivity index (χ1) is 15.9. The Kier molecular flexibility index (Phi) is 7.77. The summed E-state index contributed by atoms with van der Waals surface area (Å²) in [6.45, 7) is -0.794. The molecule has 2 aromatic carbocycles. The Balaban J connectivity index is 2.04. The fourth-order valence-electron chi connectivity index (χ4n) is 3.34. The second-order valence-electron chi connectivity index (χ2n) is 7.29. The minimum Gasteiger partial charge on any atom is -0.333 e. The lowest BCUT2D eigenvalue weighted by Gasteiger charge is -2.25. The highest BCUT2D eigenvalue weighted by Gasteiger charge is 2.37. The molecule has 0 unspecified atom stereocenters. The van der Waals surface area contributed by atoms with Crippen LogP contribution in [0.25, 0.3) is 11.1 Å². The lowest BCUT2D eigenvalue weighted by atomic mass is 10.0. The number of aromatic nitrogens is 1. The van der Waals surface area contributed by atoms with Crippen molar-refractivity contribution in [1.82, 2.24) is 9.88 Å². The van der Waals surface area contributed by atoms with Gasteiger partial charge in [-0.1, -0.05) is 41.9 Å². The maximum atomic E-state index is 13.2. The molecule has 180 valence electrons. The summed E-state index contributed by atoms with van der Waals surface area (Å²) in [5.41, 5.74) is -1.59. The molecule has 0 aliphatic rings. The van der Waals surface area contributed by atoms with E-state index < -0.39 is 41.8 Å². The van der Waals surface area contributed by atoms with Crippen molar-refractivity contribution >= 4 is 29.1 Å². The van der Waals surface area contributed by atoms with Gasteiger partial charge in [0.2, 0.25) is 5.91 Å². The van der Waals surface area contributed by atoms with Crippen molar-refractivity contribution in [3.63, 3.8) is 0 Å². The Hall–Kier alpha value is -2.78. The highest BCUT2D eigenvalue weighted by Crippen LogP contribution is 2.37. The van der Waals surface area contributed by atoms with Crippen molar-refractivity contribution in [2.75, 3.05) is 5.88 Å². The lowest BCUT2D eigenvalue weighted by molar-refractivity contribution is -0.143. The van der Waals surface area contributed by atoms with Crippen LogP contribution in [0.4, 0.5) is 26.3 Å². The standard InChI is InChI=1S/C23H16Cl2F6N2O/c24-11-20(34)33(12-14-8-16(22(26,27)28)10-17(9-14)23(29,30)31)13-19-18(6-7-32-21(19)25)15-4-2-1-3-5-15/h1-10H,11-13H2. The molecule has 0 spiro atoms. The maximum absolute atomic E-state index is 13.2. The zero-order valence-corrected chi connectivity index (χ0v) is 18.7. The minimum atomic E-state index is -5.01. The van der Waals surface area contributed by atoms with Crippen LogP contribution in [0.5, 0.6) is 0 Å². The van der Waals surface area contributed by atoms with Crippen LogP contribution in [0.2, 0.25) is 5.15 Å². The Bertz CT molecular complexity index is 1130. The predicted molar refractivity (Wildman–Crippen MR) is 116 cm³/mol. The van der Waals surface area contributed by atoms with Crippen LogP contribution in [0.3, 0.4) is 0 Å². The quantitative estimate of drug-likeness (QED) is 0.195. The summed E-state index contributed by atoms with van der Waals surface area (Å²) in [5, 5.41) is 0.0359. The number of halogens is 8. The van der Waals surface area contributed by atoms with Crippen molar-refractivity contribution in [3.05, 3.63) is 88.2 Å². The Morgan fingerprint density at radius 1 is 0.882 bits per heavy atom. The summed E-state index contributed by atoms with van der Waals surface area (Å²) in [4.78, 5) is 17.6. The smallest absolute Gasteiger partial charge is 0.333 e.